The van der Waals surface area contributed by atoms with Crippen LogP contribution in [0.25, 0.3) is 0 Å². The van der Waals surface area contributed by atoms with Gasteiger partial charge in [0.05, 0.1) is 0 Å². The molecule has 0 fully saturated rings. The van der Waals surface area contributed by atoms with Crippen molar-refractivity contribution in [1.29, 1.82) is 0 Å². The van der Waals surface area contributed by atoms with Crippen LogP contribution in [0.3, 0.4) is 0 Å². The smallest absolute Gasteiger partial charge is 0.0213 e. The predicted molar refractivity (Wildman–Crippen MR) is 82.3 cm³/mol. The molecule has 0 saturated carbocycles. The lowest BCUT2D eigenvalue weighted by Crippen LogP contribution is -2.14. The van der Waals surface area contributed by atoms with Crippen molar-refractivity contribution in [2.45, 2.75) is 40.3 Å². The Morgan fingerprint density at radius 2 is 1.37 bits per heavy atom. The Morgan fingerprint density at radius 1 is 0.789 bits per heavy atom. The Morgan fingerprint density at radius 3 is 1.95 bits per heavy atom. The summed E-state index contributed by atoms with van der Waals surface area (Å²) < 4.78 is 0. The minimum Gasteiger partial charge on any atom is -0.309 e. The molecule has 0 atom stereocenters. The molecule has 100 valence electrons. The second-order valence-electron chi connectivity index (χ2n) is 5.14. The molecule has 0 aliphatic heterocycles. The van der Waals surface area contributed by atoms with Gasteiger partial charge in [-0.15, -0.1) is 0 Å². The predicted octanol–water partition coefficient (Wildman–Crippen LogP) is 4.16. The Labute approximate surface area is 116 Å². The number of nitrogens with one attached hydrogen (secondary N) is 1. The van der Waals surface area contributed by atoms with Gasteiger partial charge in [-0.3, -0.25) is 0 Å². The molecule has 0 aromatic heterocycles. The molecular weight excluding hydrogens is 230 g/mol. The second kappa shape index (κ2) is 6.53. The largest absolute Gasteiger partial charge is 0.309 e. The summed E-state index contributed by atoms with van der Waals surface area (Å²) in [5, 5.41) is 3.54. The fraction of sp³-hybridized carbons (Fsp3) is 0.333. The monoisotopic (exact) mass is 253 g/mol. The van der Waals surface area contributed by atoms with Crippen LogP contribution in [-0.2, 0) is 19.5 Å². The lowest BCUT2D eigenvalue weighted by molar-refractivity contribution is 0.687. The summed E-state index contributed by atoms with van der Waals surface area (Å²) in [4.78, 5) is 0. The van der Waals surface area contributed by atoms with Gasteiger partial charge in [-0.1, -0.05) is 49.4 Å². The van der Waals surface area contributed by atoms with Crippen molar-refractivity contribution in [1.82, 2.24) is 5.32 Å². The molecule has 0 heterocycles. The first-order chi connectivity index (χ1) is 9.20. The standard InChI is InChI=1S/C18H23N/c1-4-16-8-10-17(11-9-16)12-19-13-18-14(2)6-5-7-15(18)3/h5-11,19H,4,12-13H2,1-3H3. The first-order valence-corrected chi connectivity index (χ1v) is 7.04. The molecule has 0 spiro atoms. The summed E-state index contributed by atoms with van der Waals surface area (Å²) >= 11 is 0. The molecule has 1 heteroatoms. The number of hydrogen-bond acceptors (Lipinski definition) is 1. The van der Waals surface area contributed by atoms with Gasteiger partial charge in [-0.2, -0.15) is 0 Å². The van der Waals surface area contributed by atoms with Crippen LogP contribution in [0.1, 0.15) is 34.7 Å². The maximum atomic E-state index is 3.54. The summed E-state index contributed by atoms with van der Waals surface area (Å²) in [6.45, 7) is 8.42. The van der Waals surface area contributed by atoms with Crippen molar-refractivity contribution in [2.75, 3.05) is 0 Å². The molecule has 0 radical (unpaired) electrons. The van der Waals surface area contributed by atoms with Crippen molar-refractivity contribution in [3.8, 4) is 0 Å². The van der Waals surface area contributed by atoms with Gasteiger partial charge in [0.2, 0.25) is 0 Å². The molecule has 1 nitrogen and oxygen atoms in total. The van der Waals surface area contributed by atoms with E-state index in [9.17, 15) is 0 Å². The average molecular weight is 253 g/mol. The van der Waals surface area contributed by atoms with Crippen LogP contribution in [0.5, 0.6) is 0 Å². The van der Waals surface area contributed by atoms with E-state index in [0.717, 1.165) is 19.5 Å². The summed E-state index contributed by atoms with van der Waals surface area (Å²) in [6, 6.07) is 15.4. The van der Waals surface area contributed by atoms with Crippen LogP contribution in [0.2, 0.25) is 0 Å². The molecule has 0 aliphatic carbocycles. The molecule has 0 saturated heterocycles. The van der Waals surface area contributed by atoms with Crippen molar-refractivity contribution in [3.63, 3.8) is 0 Å². The van der Waals surface area contributed by atoms with E-state index in [1.807, 2.05) is 0 Å². The molecule has 2 aromatic rings. The topological polar surface area (TPSA) is 12.0 Å². The SMILES string of the molecule is CCc1ccc(CNCc2c(C)cccc2C)cc1. The third kappa shape index (κ3) is 3.68. The Kier molecular flexibility index (Phi) is 4.75. The minimum absolute atomic E-state index is 0.928. The van der Waals surface area contributed by atoms with Crippen molar-refractivity contribution < 1.29 is 0 Å². The Bertz CT molecular complexity index is 506. The van der Waals surface area contributed by atoms with Crippen LogP contribution in [-0.4, -0.2) is 0 Å². The van der Waals surface area contributed by atoms with Gasteiger partial charge in [-0.25, -0.2) is 0 Å². The zero-order chi connectivity index (χ0) is 13.7. The third-order valence-electron chi connectivity index (χ3n) is 3.71. The van der Waals surface area contributed by atoms with Gasteiger partial charge >= 0.3 is 0 Å². The average Bonchev–Trinajstić information content (AvgIpc) is 2.43. The Hall–Kier alpha value is -1.60. The lowest BCUT2D eigenvalue weighted by atomic mass is 10.0. The first-order valence-electron chi connectivity index (χ1n) is 7.04. The fourth-order valence-electron chi connectivity index (χ4n) is 2.35. The quantitative estimate of drug-likeness (QED) is 0.844. The van der Waals surface area contributed by atoms with Crippen molar-refractivity contribution >= 4 is 0 Å². The summed E-state index contributed by atoms with van der Waals surface area (Å²) in [7, 11) is 0. The molecule has 2 rings (SSSR count). The normalized spacial score (nSPS) is 10.7. The van der Waals surface area contributed by atoms with Gasteiger partial charge in [-0.05, 0) is 48.1 Å². The van der Waals surface area contributed by atoms with Crippen LogP contribution < -0.4 is 5.32 Å². The van der Waals surface area contributed by atoms with Gasteiger partial charge in [0.25, 0.3) is 0 Å². The maximum absolute atomic E-state index is 3.54. The van der Waals surface area contributed by atoms with E-state index in [-0.39, 0.29) is 0 Å². The van der Waals surface area contributed by atoms with E-state index in [1.165, 1.54) is 27.8 Å². The summed E-state index contributed by atoms with van der Waals surface area (Å²) in [5.74, 6) is 0. The highest BCUT2D eigenvalue weighted by Crippen LogP contribution is 2.13. The first kappa shape index (κ1) is 13.8. The molecule has 0 bridgehead atoms. The van der Waals surface area contributed by atoms with Crippen molar-refractivity contribution in [2.24, 2.45) is 0 Å². The van der Waals surface area contributed by atoms with E-state index in [1.54, 1.807) is 0 Å². The summed E-state index contributed by atoms with van der Waals surface area (Å²) in [6.07, 6.45) is 1.11. The van der Waals surface area contributed by atoms with E-state index in [0.29, 0.717) is 0 Å². The molecule has 19 heavy (non-hydrogen) atoms. The molecule has 0 aliphatic rings. The fourth-order valence-corrected chi connectivity index (χ4v) is 2.35. The lowest BCUT2D eigenvalue weighted by Gasteiger charge is -2.11. The maximum Gasteiger partial charge on any atom is 0.0213 e. The van der Waals surface area contributed by atoms with E-state index >= 15 is 0 Å². The van der Waals surface area contributed by atoms with Gasteiger partial charge in [0, 0.05) is 13.1 Å². The van der Waals surface area contributed by atoms with Gasteiger partial charge in [0.1, 0.15) is 0 Å². The molecule has 1 N–H and O–H groups in total. The molecule has 2 aromatic carbocycles. The van der Waals surface area contributed by atoms with E-state index in [2.05, 4.69) is 68.6 Å². The van der Waals surface area contributed by atoms with E-state index < -0.39 is 0 Å². The van der Waals surface area contributed by atoms with Crippen LogP contribution in [0.4, 0.5) is 0 Å². The number of hydrogen-bond donors (Lipinski definition) is 1. The highest BCUT2D eigenvalue weighted by atomic mass is 14.8. The van der Waals surface area contributed by atoms with Crippen molar-refractivity contribution in [3.05, 3.63) is 70.3 Å². The van der Waals surface area contributed by atoms with Gasteiger partial charge < -0.3 is 5.32 Å². The zero-order valence-corrected chi connectivity index (χ0v) is 12.2. The number of rotatable bonds is 5. The van der Waals surface area contributed by atoms with Crippen LogP contribution >= 0.6 is 0 Å². The third-order valence-corrected chi connectivity index (χ3v) is 3.71. The highest BCUT2D eigenvalue weighted by Gasteiger charge is 2.01. The minimum atomic E-state index is 0.928. The highest BCUT2D eigenvalue weighted by molar-refractivity contribution is 5.33. The van der Waals surface area contributed by atoms with Gasteiger partial charge in [0.15, 0.2) is 0 Å². The van der Waals surface area contributed by atoms with Crippen LogP contribution in [0, 0.1) is 13.8 Å². The zero-order valence-electron chi connectivity index (χ0n) is 12.2. The number of aryl methyl sites for hydroxylation is 3. The van der Waals surface area contributed by atoms with Crippen LogP contribution in [0.15, 0.2) is 42.5 Å². The molecule has 0 amide bonds. The second-order valence-corrected chi connectivity index (χ2v) is 5.14. The number of benzene rings is 2. The Balaban J connectivity index is 1.92. The van der Waals surface area contributed by atoms with E-state index in [4.69, 9.17) is 0 Å². The molecular formula is C18H23N. The summed E-state index contributed by atoms with van der Waals surface area (Å²) in [5.41, 5.74) is 6.91. The molecule has 0 unspecified atom stereocenters.